The smallest absolute Gasteiger partial charge is 0.303 e. The first-order chi connectivity index (χ1) is 9.72. The van der Waals surface area contributed by atoms with E-state index in [9.17, 15) is 24.6 Å². The summed E-state index contributed by atoms with van der Waals surface area (Å²) in [7, 11) is 0. The standard InChI is InChI=1S/C12H18O8S/c1-5(13)18-4-8-10(19-6(2)14)11(20-7(3)15)9(16)12(17)21-8/h8-12,16-17H,4H2,1-3H3/t8-,9-,10-,11-,12?/m1/s1. The molecule has 1 rings (SSSR count). The molecule has 120 valence electrons. The fourth-order valence-corrected chi connectivity index (χ4v) is 3.09. The molecule has 0 spiro atoms. The number of aliphatic hydroxyl groups excluding tert-OH is 2. The van der Waals surface area contributed by atoms with Gasteiger partial charge in [-0.05, 0) is 0 Å². The molecule has 0 aromatic heterocycles. The zero-order valence-corrected chi connectivity index (χ0v) is 12.7. The van der Waals surface area contributed by atoms with E-state index in [1.165, 1.54) is 6.92 Å². The number of aliphatic hydroxyl groups is 2. The molecule has 1 saturated heterocycles. The molecule has 0 bridgehead atoms. The Hall–Kier alpha value is -1.32. The van der Waals surface area contributed by atoms with Gasteiger partial charge in [-0.1, -0.05) is 0 Å². The lowest BCUT2D eigenvalue weighted by atomic mass is 10.0. The number of rotatable bonds is 4. The van der Waals surface area contributed by atoms with E-state index in [1.54, 1.807) is 0 Å². The van der Waals surface area contributed by atoms with E-state index >= 15 is 0 Å². The average molecular weight is 322 g/mol. The second-order valence-corrected chi connectivity index (χ2v) is 5.87. The van der Waals surface area contributed by atoms with Gasteiger partial charge in [0.1, 0.15) is 18.1 Å². The van der Waals surface area contributed by atoms with Gasteiger partial charge in [-0.25, -0.2) is 0 Å². The molecule has 1 aliphatic heterocycles. The fraction of sp³-hybridized carbons (Fsp3) is 0.750. The van der Waals surface area contributed by atoms with Gasteiger partial charge in [-0.3, -0.25) is 14.4 Å². The minimum Gasteiger partial charge on any atom is -0.465 e. The van der Waals surface area contributed by atoms with Gasteiger partial charge in [0.15, 0.2) is 12.2 Å². The Morgan fingerprint density at radius 2 is 1.48 bits per heavy atom. The van der Waals surface area contributed by atoms with Crippen molar-refractivity contribution in [2.24, 2.45) is 0 Å². The molecule has 5 atom stereocenters. The maximum Gasteiger partial charge on any atom is 0.303 e. The van der Waals surface area contributed by atoms with Gasteiger partial charge in [0, 0.05) is 20.8 Å². The molecule has 0 saturated carbocycles. The van der Waals surface area contributed by atoms with E-state index in [1.807, 2.05) is 0 Å². The highest BCUT2D eigenvalue weighted by Crippen LogP contribution is 2.35. The first-order valence-corrected chi connectivity index (χ1v) is 7.16. The highest BCUT2D eigenvalue weighted by molar-refractivity contribution is 8.00. The molecule has 0 aliphatic carbocycles. The van der Waals surface area contributed by atoms with Crippen molar-refractivity contribution in [1.82, 2.24) is 0 Å². The molecule has 21 heavy (non-hydrogen) atoms. The molecule has 2 N–H and O–H groups in total. The summed E-state index contributed by atoms with van der Waals surface area (Å²) < 4.78 is 14.9. The molecule has 1 heterocycles. The summed E-state index contributed by atoms with van der Waals surface area (Å²) in [6, 6.07) is 0. The van der Waals surface area contributed by atoms with Crippen LogP contribution in [0.5, 0.6) is 0 Å². The number of thioether (sulfide) groups is 1. The summed E-state index contributed by atoms with van der Waals surface area (Å²) in [5.41, 5.74) is -1.26. The largest absolute Gasteiger partial charge is 0.465 e. The van der Waals surface area contributed by atoms with Gasteiger partial charge in [0.05, 0.1) is 5.25 Å². The number of ether oxygens (including phenoxy) is 3. The predicted octanol–water partition coefficient (Wildman–Crippen LogP) is -0.792. The van der Waals surface area contributed by atoms with Gasteiger partial charge in [0.25, 0.3) is 0 Å². The van der Waals surface area contributed by atoms with Gasteiger partial charge in [-0.15, -0.1) is 11.8 Å². The van der Waals surface area contributed by atoms with Crippen molar-refractivity contribution in [3.05, 3.63) is 0 Å². The third kappa shape index (κ3) is 5.18. The number of hydrogen-bond acceptors (Lipinski definition) is 9. The van der Waals surface area contributed by atoms with Crippen molar-refractivity contribution in [2.75, 3.05) is 6.61 Å². The summed E-state index contributed by atoms with van der Waals surface area (Å²) in [6.07, 6.45) is -3.69. The Morgan fingerprint density at radius 3 is 1.95 bits per heavy atom. The average Bonchev–Trinajstić information content (AvgIpc) is 2.35. The van der Waals surface area contributed by atoms with Crippen LogP contribution >= 0.6 is 11.8 Å². The van der Waals surface area contributed by atoms with E-state index in [-0.39, 0.29) is 6.61 Å². The van der Waals surface area contributed by atoms with Gasteiger partial charge >= 0.3 is 17.9 Å². The third-order valence-electron chi connectivity index (χ3n) is 2.69. The Labute approximate surface area is 125 Å². The molecule has 1 aliphatic rings. The zero-order valence-electron chi connectivity index (χ0n) is 11.8. The Morgan fingerprint density at radius 1 is 0.952 bits per heavy atom. The summed E-state index contributed by atoms with van der Waals surface area (Å²) >= 11 is 0.877. The first kappa shape index (κ1) is 17.7. The van der Waals surface area contributed by atoms with Crippen LogP contribution in [0, 0.1) is 0 Å². The molecule has 1 unspecified atom stereocenters. The second kappa shape index (κ2) is 7.62. The first-order valence-electron chi connectivity index (χ1n) is 6.21. The predicted molar refractivity (Wildman–Crippen MR) is 71.1 cm³/mol. The minimum atomic E-state index is -1.42. The van der Waals surface area contributed by atoms with Crippen LogP contribution in [0.1, 0.15) is 20.8 Å². The lowest BCUT2D eigenvalue weighted by molar-refractivity contribution is -0.181. The lowest BCUT2D eigenvalue weighted by Gasteiger charge is -2.40. The fourth-order valence-electron chi connectivity index (χ4n) is 1.90. The monoisotopic (exact) mass is 322 g/mol. The number of carbonyl (C=O) groups excluding carboxylic acids is 3. The van der Waals surface area contributed by atoms with Crippen LogP contribution < -0.4 is 0 Å². The van der Waals surface area contributed by atoms with E-state index < -0.39 is 46.9 Å². The van der Waals surface area contributed by atoms with Crippen LogP contribution in [0.3, 0.4) is 0 Å². The minimum absolute atomic E-state index is 0.153. The Kier molecular flexibility index (Phi) is 6.43. The molecule has 1 fully saturated rings. The van der Waals surface area contributed by atoms with Crippen molar-refractivity contribution in [2.45, 2.75) is 49.8 Å². The Balaban J connectivity index is 2.94. The van der Waals surface area contributed by atoms with Crippen LogP contribution in [0.15, 0.2) is 0 Å². The van der Waals surface area contributed by atoms with Crippen molar-refractivity contribution in [3.63, 3.8) is 0 Å². The summed E-state index contributed by atoms with van der Waals surface area (Å²) in [4.78, 5) is 33.2. The number of hydrogen-bond donors (Lipinski definition) is 2. The number of carbonyl (C=O) groups is 3. The van der Waals surface area contributed by atoms with E-state index in [0.717, 1.165) is 25.6 Å². The maximum absolute atomic E-state index is 11.2. The molecule has 0 radical (unpaired) electrons. The van der Waals surface area contributed by atoms with Crippen LogP contribution in [0.25, 0.3) is 0 Å². The van der Waals surface area contributed by atoms with E-state index in [0.29, 0.717) is 0 Å². The third-order valence-corrected chi connectivity index (χ3v) is 4.00. The van der Waals surface area contributed by atoms with E-state index in [2.05, 4.69) is 0 Å². The molecular weight excluding hydrogens is 304 g/mol. The van der Waals surface area contributed by atoms with Crippen molar-refractivity contribution < 1.29 is 38.8 Å². The second-order valence-electron chi connectivity index (χ2n) is 4.51. The zero-order chi connectivity index (χ0) is 16.2. The molecule has 8 nitrogen and oxygen atoms in total. The van der Waals surface area contributed by atoms with Gasteiger partial charge < -0.3 is 24.4 Å². The van der Waals surface area contributed by atoms with Crippen LogP contribution in [-0.2, 0) is 28.6 Å². The van der Waals surface area contributed by atoms with Gasteiger partial charge in [0.2, 0.25) is 0 Å². The quantitative estimate of drug-likeness (QED) is 0.506. The lowest BCUT2D eigenvalue weighted by Crippen LogP contribution is -2.57. The van der Waals surface area contributed by atoms with Crippen molar-refractivity contribution in [1.29, 1.82) is 0 Å². The highest BCUT2D eigenvalue weighted by atomic mass is 32.2. The maximum atomic E-state index is 11.2. The molecule has 0 aromatic carbocycles. The normalized spacial score (nSPS) is 32.1. The Bertz CT molecular complexity index is 412. The van der Waals surface area contributed by atoms with Crippen LogP contribution in [0.2, 0.25) is 0 Å². The van der Waals surface area contributed by atoms with Crippen molar-refractivity contribution >= 4 is 29.7 Å². The molecule has 0 amide bonds. The van der Waals surface area contributed by atoms with Crippen molar-refractivity contribution in [3.8, 4) is 0 Å². The summed E-state index contributed by atoms with van der Waals surface area (Å²) in [5, 5.41) is 19.0. The molecule has 9 heteroatoms. The highest BCUT2D eigenvalue weighted by Gasteiger charge is 2.48. The number of esters is 3. The SMILES string of the molecule is CC(=O)OC[C@H]1SC(O)[C@H](O)[C@@H](OC(C)=O)[C@@H]1OC(C)=O. The summed E-state index contributed by atoms with van der Waals surface area (Å²) in [5.74, 6) is -1.88. The summed E-state index contributed by atoms with van der Waals surface area (Å²) in [6.45, 7) is 3.35. The van der Waals surface area contributed by atoms with E-state index in [4.69, 9.17) is 14.2 Å². The van der Waals surface area contributed by atoms with Crippen LogP contribution in [-0.4, -0.2) is 63.7 Å². The van der Waals surface area contributed by atoms with Crippen LogP contribution in [0.4, 0.5) is 0 Å². The molecular formula is C12H18O8S. The van der Waals surface area contributed by atoms with Gasteiger partial charge in [-0.2, -0.15) is 0 Å². The topological polar surface area (TPSA) is 119 Å². The molecule has 0 aromatic rings.